The molecular formula is C14H21F2N. The van der Waals surface area contributed by atoms with E-state index >= 15 is 0 Å². The van der Waals surface area contributed by atoms with E-state index in [0.29, 0.717) is 5.92 Å². The summed E-state index contributed by atoms with van der Waals surface area (Å²) in [6, 6.07) is 4.03. The lowest BCUT2D eigenvalue weighted by Gasteiger charge is -2.14. The van der Waals surface area contributed by atoms with Gasteiger partial charge >= 0.3 is 0 Å². The van der Waals surface area contributed by atoms with Gasteiger partial charge in [-0.1, -0.05) is 26.8 Å². The molecule has 1 atom stereocenters. The summed E-state index contributed by atoms with van der Waals surface area (Å²) in [5.74, 6) is -0.394. The quantitative estimate of drug-likeness (QED) is 0.749. The van der Waals surface area contributed by atoms with Gasteiger partial charge in [-0.25, -0.2) is 8.78 Å². The fraction of sp³-hybridized carbons (Fsp3) is 0.571. The third-order valence-electron chi connectivity index (χ3n) is 2.80. The molecule has 3 heteroatoms. The Balaban J connectivity index is 2.49. The number of benzene rings is 1. The van der Waals surface area contributed by atoms with E-state index in [0.717, 1.165) is 19.5 Å². The van der Waals surface area contributed by atoms with Gasteiger partial charge in [0.2, 0.25) is 0 Å². The van der Waals surface area contributed by atoms with Crippen LogP contribution in [0.1, 0.15) is 38.7 Å². The Morgan fingerprint density at radius 3 is 2.24 bits per heavy atom. The first-order chi connectivity index (χ1) is 8.02. The van der Waals surface area contributed by atoms with E-state index in [1.54, 1.807) is 0 Å². The van der Waals surface area contributed by atoms with Crippen molar-refractivity contribution < 1.29 is 8.78 Å². The molecule has 0 aliphatic carbocycles. The third-order valence-corrected chi connectivity index (χ3v) is 2.80. The fourth-order valence-electron chi connectivity index (χ4n) is 1.84. The predicted molar refractivity (Wildman–Crippen MR) is 67.1 cm³/mol. The van der Waals surface area contributed by atoms with Crippen molar-refractivity contribution in [2.75, 3.05) is 13.1 Å². The highest BCUT2D eigenvalue weighted by atomic mass is 19.1. The normalized spacial score (nSPS) is 13.1. The SMILES string of the molecule is CC(C)CNCCC(C)c1c(F)cccc1F. The fourth-order valence-corrected chi connectivity index (χ4v) is 1.84. The van der Waals surface area contributed by atoms with Crippen LogP contribution in [0.4, 0.5) is 8.78 Å². The van der Waals surface area contributed by atoms with Gasteiger partial charge in [0, 0.05) is 5.56 Å². The average Bonchev–Trinajstić information content (AvgIpc) is 2.24. The average molecular weight is 241 g/mol. The Bertz CT molecular complexity index is 330. The van der Waals surface area contributed by atoms with Crippen LogP contribution < -0.4 is 5.32 Å². The second kappa shape index (κ2) is 6.70. The highest BCUT2D eigenvalue weighted by Crippen LogP contribution is 2.24. The Kier molecular flexibility index (Phi) is 5.56. The van der Waals surface area contributed by atoms with E-state index in [2.05, 4.69) is 19.2 Å². The molecule has 1 rings (SSSR count). The molecule has 1 aromatic carbocycles. The van der Waals surface area contributed by atoms with Gasteiger partial charge in [-0.3, -0.25) is 0 Å². The lowest BCUT2D eigenvalue weighted by atomic mass is 9.96. The van der Waals surface area contributed by atoms with Gasteiger partial charge in [-0.2, -0.15) is 0 Å². The Hall–Kier alpha value is -0.960. The largest absolute Gasteiger partial charge is 0.316 e. The topological polar surface area (TPSA) is 12.0 Å². The second-order valence-corrected chi connectivity index (χ2v) is 4.92. The molecule has 0 saturated carbocycles. The maximum Gasteiger partial charge on any atom is 0.129 e. The Labute approximate surface area is 102 Å². The van der Waals surface area contributed by atoms with Crippen molar-refractivity contribution in [2.45, 2.75) is 33.1 Å². The van der Waals surface area contributed by atoms with Crippen LogP contribution in [-0.4, -0.2) is 13.1 Å². The molecule has 0 saturated heterocycles. The predicted octanol–water partition coefficient (Wildman–Crippen LogP) is 3.70. The van der Waals surface area contributed by atoms with Crippen LogP contribution in [0.5, 0.6) is 0 Å². The summed E-state index contributed by atoms with van der Waals surface area (Å²) in [7, 11) is 0. The number of hydrogen-bond acceptors (Lipinski definition) is 1. The molecule has 0 heterocycles. The van der Waals surface area contributed by atoms with Crippen LogP contribution in [0.2, 0.25) is 0 Å². The van der Waals surface area contributed by atoms with Crippen LogP contribution in [0.25, 0.3) is 0 Å². The Morgan fingerprint density at radius 1 is 1.12 bits per heavy atom. The number of rotatable bonds is 6. The minimum atomic E-state index is -0.443. The van der Waals surface area contributed by atoms with Gasteiger partial charge in [-0.15, -0.1) is 0 Å². The smallest absolute Gasteiger partial charge is 0.129 e. The zero-order chi connectivity index (χ0) is 12.8. The Morgan fingerprint density at radius 2 is 1.71 bits per heavy atom. The van der Waals surface area contributed by atoms with Crippen LogP contribution in [0, 0.1) is 17.6 Å². The molecule has 1 aromatic rings. The maximum absolute atomic E-state index is 13.5. The van der Waals surface area contributed by atoms with Crippen molar-refractivity contribution in [3.05, 3.63) is 35.4 Å². The number of nitrogens with one attached hydrogen (secondary N) is 1. The van der Waals surface area contributed by atoms with E-state index in [1.165, 1.54) is 18.2 Å². The standard InChI is InChI=1S/C14H21F2N/c1-10(2)9-17-8-7-11(3)14-12(15)5-4-6-13(14)16/h4-6,10-11,17H,7-9H2,1-3H3. The van der Waals surface area contributed by atoms with E-state index in [-0.39, 0.29) is 11.5 Å². The highest BCUT2D eigenvalue weighted by Gasteiger charge is 2.15. The lowest BCUT2D eigenvalue weighted by Crippen LogP contribution is -2.22. The molecule has 0 radical (unpaired) electrons. The van der Waals surface area contributed by atoms with E-state index in [9.17, 15) is 8.78 Å². The maximum atomic E-state index is 13.5. The summed E-state index contributed by atoms with van der Waals surface area (Å²) in [5, 5.41) is 3.28. The summed E-state index contributed by atoms with van der Waals surface area (Å²) in [6.45, 7) is 7.85. The van der Waals surface area contributed by atoms with E-state index < -0.39 is 11.6 Å². The van der Waals surface area contributed by atoms with Gasteiger partial charge in [0.25, 0.3) is 0 Å². The molecule has 96 valence electrons. The van der Waals surface area contributed by atoms with Crippen molar-refractivity contribution >= 4 is 0 Å². The molecule has 1 unspecified atom stereocenters. The van der Waals surface area contributed by atoms with Crippen molar-refractivity contribution in [3.8, 4) is 0 Å². The number of halogens is 2. The van der Waals surface area contributed by atoms with Gasteiger partial charge in [0.05, 0.1) is 0 Å². The zero-order valence-corrected chi connectivity index (χ0v) is 10.8. The third kappa shape index (κ3) is 4.43. The molecule has 0 spiro atoms. The van der Waals surface area contributed by atoms with Gasteiger partial charge in [0.1, 0.15) is 11.6 Å². The summed E-state index contributed by atoms with van der Waals surface area (Å²) in [6.07, 6.45) is 0.741. The molecule has 0 aliphatic heterocycles. The minimum absolute atomic E-state index is 0.101. The molecule has 0 aromatic heterocycles. The van der Waals surface area contributed by atoms with Crippen molar-refractivity contribution in [1.29, 1.82) is 0 Å². The summed E-state index contributed by atoms with van der Waals surface area (Å²) < 4.78 is 27.0. The van der Waals surface area contributed by atoms with Gasteiger partial charge < -0.3 is 5.32 Å². The molecule has 0 bridgehead atoms. The second-order valence-electron chi connectivity index (χ2n) is 4.92. The zero-order valence-electron chi connectivity index (χ0n) is 10.8. The van der Waals surface area contributed by atoms with Crippen LogP contribution in [-0.2, 0) is 0 Å². The van der Waals surface area contributed by atoms with Crippen LogP contribution in [0.15, 0.2) is 18.2 Å². The molecule has 0 amide bonds. The first-order valence-corrected chi connectivity index (χ1v) is 6.17. The van der Waals surface area contributed by atoms with E-state index in [1.807, 2.05) is 6.92 Å². The highest BCUT2D eigenvalue weighted by molar-refractivity contribution is 5.23. The summed E-state index contributed by atoms with van der Waals surface area (Å²) in [4.78, 5) is 0. The summed E-state index contributed by atoms with van der Waals surface area (Å²) in [5.41, 5.74) is 0.207. The van der Waals surface area contributed by atoms with Crippen molar-refractivity contribution in [3.63, 3.8) is 0 Å². The van der Waals surface area contributed by atoms with Crippen molar-refractivity contribution in [1.82, 2.24) is 5.32 Å². The monoisotopic (exact) mass is 241 g/mol. The molecule has 17 heavy (non-hydrogen) atoms. The molecule has 0 fully saturated rings. The number of hydrogen-bond donors (Lipinski definition) is 1. The molecule has 1 nitrogen and oxygen atoms in total. The minimum Gasteiger partial charge on any atom is -0.316 e. The molecule has 0 aliphatic rings. The van der Waals surface area contributed by atoms with Gasteiger partial charge in [0.15, 0.2) is 0 Å². The lowest BCUT2D eigenvalue weighted by molar-refractivity contribution is 0.493. The van der Waals surface area contributed by atoms with Crippen LogP contribution >= 0.6 is 0 Å². The first kappa shape index (κ1) is 14.1. The van der Waals surface area contributed by atoms with Gasteiger partial charge in [-0.05, 0) is 43.5 Å². The first-order valence-electron chi connectivity index (χ1n) is 6.17. The van der Waals surface area contributed by atoms with Crippen LogP contribution in [0.3, 0.4) is 0 Å². The van der Waals surface area contributed by atoms with Crippen molar-refractivity contribution in [2.24, 2.45) is 5.92 Å². The van der Waals surface area contributed by atoms with E-state index in [4.69, 9.17) is 0 Å². The summed E-state index contributed by atoms with van der Waals surface area (Å²) >= 11 is 0. The molecular weight excluding hydrogens is 220 g/mol. The molecule has 1 N–H and O–H groups in total.